The van der Waals surface area contributed by atoms with Gasteiger partial charge in [0.1, 0.15) is 23.7 Å². The third-order valence-electron chi connectivity index (χ3n) is 2.35. The van der Waals surface area contributed by atoms with Crippen molar-refractivity contribution in [3.8, 4) is 16.3 Å². The number of nitrogens with zero attached hydrogens (tertiary/aromatic N) is 4. The lowest BCUT2D eigenvalue weighted by Crippen LogP contribution is -2.10. The zero-order valence-electron chi connectivity index (χ0n) is 9.48. The van der Waals surface area contributed by atoms with E-state index in [9.17, 15) is 0 Å². The average Bonchev–Trinajstić information content (AvgIpc) is 2.97. The molecule has 2 aromatic heterocycles. The summed E-state index contributed by atoms with van der Waals surface area (Å²) in [6.07, 6.45) is 1.59. The van der Waals surface area contributed by atoms with Gasteiger partial charge in [0.2, 0.25) is 4.96 Å². The van der Waals surface area contributed by atoms with Crippen molar-refractivity contribution in [1.82, 2.24) is 19.8 Å². The van der Waals surface area contributed by atoms with E-state index in [-0.39, 0.29) is 0 Å². The largest absolute Gasteiger partial charge is 0.492 e. The lowest BCUT2D eigenvalue weighted by molar-refractivity contribution is 0.328. The van der Waals surface area contributed by atoms with Crippen molar-refractivity contribution in [2.75, 3.05) is 13.2 Å². The third kappa shape index (κ3) is 2.05. The molecule has 0 spiro atoms. The normalized spacial score (nSPS) is 10.9. The monoisotopic (exact) mass is 261 g/mol. The molecule has 3 rings (SSSR count). The Balaban J connectivity index is 1.93. The first-order valence-corrected chi connectivity index (χ1v) is 6.28. The van der Waals surface area contributed by atoms with Gasteiger partial charge in [-0.25, -0.2) is 0 Å². The predicted octanol–water partition coefficient (Wildman–Crippen LogP) is 1.19. The Bertz CT molecular complexity index is 634. The summed E-state index contributed by atoms with van der Waals surface area (Å²) >= 11 is 1.49. The van der Waals surface area contributed by atoms with Crippen LogP contribution < -0.4 is 10.5 Å². The van der Waals surface area contributed by atoms with E-state index in [1.807, 2.05) is 24.3 Å². The molecule has 0 radical (unpaired) electrons. The van der Waals surface area contributed by atoms with Gasteiger partial charge < -0.3 is 10.5 Å². The van der Waals surface area contributed by atoms with E-state index >= 15 is 0 Å². The molecule has 0 atom stereocenters. The minimum Gasteiger partial charge on any atom is -0.492 e. The van der Waals surface area contributed by atoms with Crippen molar-refractivity contribution in [3.05, 3.63) is 30.6 Å². The molecule has 0 amide bonds. The van der Waals surface area contributed by atoms with Crippen molar-refractivity contribution < 1.29 is 4.74 Å². The molecule has 18 heavy (non-hydrogen) atoms. The van der Waals surface area contributed by atoms with Crippen molar-refractivity contribution in [3.63, 3.8) is 0 Å². The van der Waals surface area contributed by atoms with Crippen LogP contribution in [0.2, 0.25) is 0 Å². The Morgan fingerprint density at radius 1 is 1.39 bits per heavy atom. The summed E-state index contributed by atoms with van der Waals surface area (Å²) in [5.74, 6) is 0.795. The van der Waals surface area contributed by atoms with Gasteiger partial charge in [-0.15, -0.1) is 10.2 Å². The van der Waals surface area contributed by atoms with Crippen LogP contribution in [0.4, 0.5) is 0 Å². The van der Waals surface area contributed by atoms with Crippen molar-refractivity contribution in [2.45, 2.75) is 0 Å². The van der Waals surface area contributed by atoms with Crippen LogP contribution in [-0.2, 0) is 0 Å². The molecule has 0 fully saturated rings. The number of benzene rings is 1. The summed E-state index contributed by atoms with van der Waals surface area (Å²) in [6.45, 7) is 1.01. The van der Waals surface area contributed by atoms with Crippen LogP contribution in [-0.4, -0.2) is 33.0 Å². The van der Waals surface area contributed by atoms with Crippen molar-refractivity contribution in [1.29, 1.82) is 0 Å². The SMILES string of the molecule is NCCOc1cccc(-c2nn3cnnc3s2)c1. The number of rotatable bonds is 4. The van der Waals surface area contributed by atoms with E-state index in [1.54, 1.807) is 10.8 Å². The molecular formula is C11H11N5OS. The summed E-state index contributed by atoms with van der Waals surface area (Å²) in [4.78, 5) is 0.776. The van der Waals surface area contributed by atoms with Crippen LogP contribution in [0.25, 0.3) is 15.5 Å². The fraction of sp³-hybridized carbons (Fsp3) is 0.182. The Kier molecular flexibility index (Phi) is 2.91. The van der Waals surface area contributed by atoms with Crippen LogP contribution >= 0.6 is 11.3 Å². The fourth-order valence-electron chi connectivity index (χ4n) is 1.57. The molecule has 2 heterocycles. The average molecular weight is 261 g/mol. The molecule has 2 N–H and O–H groups in total. The highest BCUT2D eigenvalue weighted by Crippen LogP contribution is 2.27. The Morgan fingerprint density at radius 2 is 2.33 bits per heavy atom. The maximum Gasteiger partial charge on any atom is 0.234 e. The molecule has 3 aromatic rings. The number of ether oxygens (including phenoxy) is 1. The molecule has 0 unspecified atom stereocenters. The number of nitrogens with two attached hydrogens (primary N) is 1. The van der Waals surface area contributed by atoms with E-state index in [1.165, 1.54) is 11.3 Å². The number of hydrogen-bond donors (Lipinski definition) is 1. The van der Waals surface area contributed by atoms with Crippen molar-refractivity contribution >= 4 is 16.3 Å². The van der Waals surface area contributed by atoms with Gasteiger partial charge in [-0.1, -0.05) is 23.5 Å². The summed E-state index contributed by atoms with van der Waals surface area (Å²) in [5.41, 5.74) is 6.41. The highest BCUT2D eigenvalue weighted by molar-refractivity contribution is 7.19. The van der Waals surface area contributed by atoms with Crippen LogP contribution in [0, 0.1) is 0 Å². The highest BCUT2D eigenvalue weighted by Gasteiger charge is 2.08. The smallest absolute Gasteiger partial charge is 0.234 e. The summed E-state index contributed by atoms with van der Waals surface area (Å²) in [6, 6.07) is 7.77. The zero-order valence-corrected chi connectivity index (χ0v) is 10.3. The Hall–Kier alpha value is -1.99. The molecule has 92 valence electrons. The summed E-state index contributed by atoms with van der Waals surface area (Å²) < 4.78 is 7.15. The van der Waals surface area contributed by atoms with E-state index in [0.717, 1.165) is 21.3 Å². The van der Waals surface area contributed by atoms with Crippen molar-refractivity contribution in [2.24, 2.45) is 5.73 Å². The molecule has 0 bridgehead atoms. The minimum atomic E-state index is 0.501. The van der Waals surface area contributed by atoms with E-state index in [0.29, 0.717) is 13.2 Å². The molecule has 0 aliphatic heterocycles. The van der Waals surface area contributed by atoms with Crippen LogP contribution in [0.1, 0.15) is 0 Å². The van der Waals surface area contributed by atoms with Gasteiger partial charge in [0.05, 0.1) is 0 Å². The number of aromatic nitrogens is 4. The van der Waals surface area contributed by atoms with Crippen LogP contribution in [0.15, 0.2) is 30.6 Å². The van der Waals surface area contributed by atoms with Gasteiger partial charge in [-0.05, 0) is 12.1 Å². The molecule has 0 aliphatic rings. The van der Waals surface area contributed by atoms with Gasteiger partial charge in [-0.2, -0.15) is 9.61 Å². The first-order valence-electron chi connectivity index (χ1n) is 5.47. The number of hydrogen-bond acceptors (Lipinski definition) is 6. The molecule has 7 heteroatoms. The first-order chi connectivity index (χ1) is 8.86. The lowest BCUT2D eigenvalue weighted by Gasteiger charge is -2.04. The van der Waals surface area contributed by atoms with Gasteiger partial charge in [0.15, 0.2) is 0 Å². The Morgan fingerprint density at radius 3 is 3.17 bits per heavy atom. The van der Waals surface area contributed by atoms with Crippen LogP contribution in [0.5, 0.6) is 5.75 Å². The predicted molar refractivity (Wildman–Crippen MR) is 68.6 cm³/mol. The van der Waals surface area contributed by atoms with Gasteiger partial charge in [0.25, 0.3) is 0 Å². The summed E-state index contributed by atoms with van der Waals surface area (Å²) in [5, 5.41) is 13.0. The van der Waals surface area contributed by atoms with Gasteiger partial charge in [-0.3, -0.25) is 0 Å². The zero-order chi connectivity index (χ0) is 12.4. The first kappa shape index (κ1) is 11.1. The van der Waals surface area contributed by atoms with Gasteiger partial charge in [0, 0.05) is 12.1 Å². The summed E-state index contributed by atoms with van der Waals surface area (Å²) in [7, 11) is 0. The molecule has 6 nitrogen and oxygen atoms in total. The second-order valence-corrected chi connectivity index (χ2v) is 4.59. The van der Waals surface area contributed by atoms with E-state index < -0.39 is 0 Å². The molecule has 0 aliphatic carbocycles. The minimum absolute atomic E-state index is 0.501. The second-order valence-electron chi connectivity index (χ2n) is 3.63. The lowest BCUT2D eigenvalue weighted by atomic mass is 10.2. The van der Waals surface area contributed by atoms with E-state index in [2.05, 4.69) is 15.3 Å². The highest BCUT2D eigenvalue weighted by atomic mass is 32.1. The molecule has 0 saturated heterocycles. The van der Waals surface area contributed by atoms with Crippen LogP contribution in [0.3, 0.4) is 0 Å². The van der Waals surface area contributed by atoms with Gasteiger partial charge >= 0.3 is 0 Å². The molecule has 0 saturated carbocycles. The fourth-order valence-corrected chi connectivity index (χ4v) is 2.39. The van der Waals surface area contributed by atoms with E-state index in [4.69, 9.17) is 10.5 Å². The standard InChI is InChI=1S/C11H11N5OS/c12-4-5-17-9-3-1-2-8(6-9)10-15-16-7-13-14-11(16)18-10/h1-3,6-7H,4-5,12H2. The quantitative estimate of drug-likeness (QED) is 0.763. The maximum atomic E-state index is 5.49. The molecular weight excluding hydrogens is 250 g/mol. The third-order valence-corrected chi connectivity index (χ3v) is 3.32. The maximum absolute atomic E-state index is 5.49. The topological polar surface area (TPSA) is 78.3 Å². The Labute approximate surface area is 107 Å². The molecule has 1 aromatic carbocycles. The second kappa shape index (κ2) is 4.71. The number of fused-ring (bicyclic) bond motifs is 1.